The van der Waals surface area contributed by atoms with Crippen LogP contribution in [0, 0.1) is 13.8 Å². The van der Waals surface area contributed by atoms with Gasteiger partial charge in [0, 0.05) is 31.8 Å². The van der Waals surface area contributed by atoms with Gasteiger partial charge in [0.15, 0.2) is 5.69 Å². The van der Waals surface area contributed by atoms with E-state index < -0.39 is 11.9 Å². The van der Waals surface area contributed by atoms with Crippen LogP contribution in [0.5, 0.6) is 0 Å². The molecule has 1 unspecified atom stereocenters. The zero-order valence-electron chi connectivity index (χ0n) is 18.1. The summed E-state index contributed by atoms with van der Waals surface area (Å²) in [6.07, 6.45) is -4.01. The quantitative estimate of drug-likeness (QED) is 0.611. The van der Waals surface area contributed by atoms with Crippen molar-refractivity contribution in [2.45, 2.75) is 39.4 Å². The van der Waals surface area contributed by atoms with Crippen LogP contribution < -0.4 is 0 Å². The molecule has 6 nitrogen and oxygen atoms in total. The Morgan fingerprint density at radius 2 is 1.77 bits per heavy atom. The van der Waals surface area contributed by atoms with E-state index in [9.17, 15) is 18.0 Å². The van der Waals surface area contributed by atoms with Crippen LogP contribution >= 0.6 is 0 Å². The molecule has 1 amide bonds. The second kappa shape index (κ2) is 7.25. The van der Waals surface area contributed by atoms with E-state index in [0.29, 0.717) is 35.6 Å². The molecule has 31 heavy (non-hydrogen) atoms. The summed E-state index contributed by atoms with van der Waals surface area (Å²) in [6, 6.07) is 6.40. The highest BCUT2D eigenvalue weighted by atomic mass is 19.4. The number of halogens is 3. The largest absolute Gasteiger partial charge is 0.435 e. The first-order chi connectivity index (χ1) is 14.5. The lowest BCUT2D eigenvalue weighted by molar-refractivity contribution is -0.141. The van der Waals surface area contributed by atoms with Gasteiger partial charge in [0.1, 0.15) is 0 Å². The summed E-state index contributed by atoms with van der Waals surface area (Å²) >= 11 is 0. The first kappa shape index (κ1) is 21.1. The third-order valence-electron chi connectivity index (χ3n) is 6.07. The van der Waals surface area contributed by atoms with Gasteiger partial charge in [0.2, 0.25) is 0 Å². The second-order valence-corrected chi connectivity index (χ2v) is 8.10. The van der Waals surface area contributed by atoms with Crippen molar-refractivity contribution in [3.63, 3.8) is 0 Å². The normalized spacial score (nSPS) is 16.5. The minimum atomic E-state index is -4.52. The number of nitrogens with zero attached hydrogens (tertiary/aromatic N) is 5. The Morgan fingerprint density at radius 1 is 1.06 bits per heavy atom. The standard InChI is InChI=1S/C22H24F3N5O/c1-12-6-7-15(10-13(12)2)21(31)30-9-8-16-19(14(30)3)27-29(5)20(16)17-11-18(22(23,24)25)26-28(17)4/h6-7,10-11,14H,8-9H2,1-5H3. The molecule has 0 radical (unpaired) electrons. The predicted molar refractivity (Wildman–Crippen MR) is 109 cm³/mol. The SMILES string of the molecule is Cc1ccc(C(=O)N2CCc3c(nn(C)c3-c3cc(C(F)(F)F)nn3C)C2C)cc1C. The molecule has 0 saturated heterocycles. The van der Waals surface area contributed by atoms with Crippen LogP contribution in [0.3, 0.4) is 0 Å². The summed E-state index contributed by atoms with van der Waals surface area (Å²) < 4.78 is 42.2. The lowest BCUT2D eigenvalue weighted by Gasteiger charge is -2.33. The van der Waals surface area contributed by atoms with Gasteiger partial charge in [-0.25, -0.2) is 0 Å². The van der Waals surface area contributed by atoms with Gasteiger partial charge >= 0.3 is 6.18 Å². The van der Waals surface area contributed by atoms with Gasteiger partial charge in [-0.3, -0.25) is 14.2 Å². The van der Waals surface area contributed by atoms with E-state index in [4.69, 9.17) is 0 Å². The number of hydrogen-bond donors (Lipinski definition) is 0. The molecule has 0 bridgehead atoms. The minimum absolute atomic E-state index is 0.0756. The van der Waals surface area contributed by atoms with Crippen LogP contribution in [-0.2, 0) is 26.7 Å². The number of benzene rings is 1. The summed E-state index contributed by atoms with van der Waals surface area (Å²) in [7, 11) is 3.20. The monoisotopic (exact) mass is 431 g/mol. The van der Waals surface area contributed by atoms with Crippen LogP contribution in [0.2, 0.25) is 0 Å². The molecule has 1 aliphatic rings. The topological polar surface area (TPSA) is 56.0 Å². The zero-order chi connectivity index (χ0) is 22.7. The molecule has 0 spiro atoms. The van der Waals surface area contributed by atoms with Gasteiger partial charge in [0.05, 0.1) is 23.1 Å². The smallest absolute Gasteiger partial charge is 0.330 e. The number of aryl methyl sites for hydroxylation is 4. The molecule has 3 aromatic rings. The Kier molecular flexibility index (Phi) is 4.94. The van der Waals surface area contributed by atoms with Gasteiger partial charge in [0.25, 0.3) is 5.91 Å². The maximum atomic E-state index is 13.2. The second-order valence-electron chi connectivity index (χ2n) is 8.10. The molecule has 1 aromatic carbocycles. The molecule has 2 aromatic heterocycles. The molecule has 4 rings (SSSR count). The molecular formula is C22H24F3N5O. The van der Waals surface area contributed by atoms with Crippen LogP contribution in [0.25, 0.3) is 11.4 Å². The fraction of sp³-hybridized carbons (Fsp3) is 0.409. The van der Waals surface area contributed by atoms with Crippen molar-refractivity contribution in [3.8, 4) is 11.4 Å². The van der Waals surface area contributed by atoms with Crippen LogP contribution in [0.4, 0.5) is 13.2 Å². The molecule has 0 aliphatic carbocycles. The highest BCUT2D eigenvalue weighted by molar-refractivity contribution is 5.95. The molecule has 0 N–H and O–H groups in total. The summed E-state index contributed by atoms with van der Waals surface area (Å²) in [6.45, 7) is 6.33. The van der Waals surface area contributed by atoms with Gasteiger partial charge in [-0.1, -0.05) is 6.07 Å². The maximum Gasteiger partial charge on any atom is 0.435 e. The van der Waals surface area contributed by atoms with Gasteiger partial charge < -0.3 is 4.90 Å². The third kappa shape index (κ3) is 3.51. The van der Waals surface area contributed by atoms with E-state index in [1.165, 1.54) is 11.7 Å². The lowest BCUT2D eigenvalue weighted by Crippen LogP contribution is -2.39. The Hall–Kier alpha value is -3.10. The Balaban J connectivity index is 1.70. The van der Waals surface area contributed by atoms with E-state index >= 15 is 0 Å². The molecule has 164 valence electrons. The van der Waals surface area contributed by atoms with Crippen molar-refractivity contribution in [1.82, 2.24) is 24.5 Å². The summed E-state index contributed by atoms with van der Waals surface area (Å²) in [5.74, 6) is -0.0756. The maximum absolute atomic E-state index is 13.2. The number of carbonyl (C=O) groups is 1. The predicted octanol–water partition coefficient (Wildman–Crippen LogP) is 4.22. The Morgan fingerprint density at radius 3 is 2.39 bits per heavy atom. The third-order valence-corrected chi connectivity index (χ3v) is 6.07. The summed E-state index contributed by atoms with van der Waals surface area (Å²) in [4.78, 5) is 14.9. The molecule has 9 heteroatoms. The van der Waals surface area contributed by atoms with E-state index in [2.05, 4.69) is 10.2 Å². The van der Waals surface area contributed by atoms with E-state index in [1.54, 1.807) is 16.6 Å². The average Bonchev–Trinajstić information content (AvgIpc) is 3.23. The van der Waals surface area contributed by atoms with Gasteiger partial charge in [-0.05, 0) is 56.5 Å². The Labute approximate surface area is 178 Å². The number of fused-ring (bicyclic) bond motifs is 1. The number of rotatable bonds is 2. The summed E-state index contributed by atoms with van der Waals surface area (Å²) in [5, 5.41) is 8.21. The Bertz CT molecular complexity index is 1170. The van der Waals surface area contributed by atoms with Crippen molar-refractivity contribution in [2.24, 2.45) is 14.1 Å². The van der Waals surface area contributed by atoms with Crippen molar-refractivity contribution >= 4 is 5.91 Å². The van der Waals surface area contributed by atoms with Crippen LogP contribution in [0.15, 0.2) is 24.3 Å². The average molecular weight is 431 g/mol. The van der Waals surface area contributed by atoms with Gasteiger partial charge in [-0.2, -0.15) is 23.4 Å². The molecule has 3 heterocycles. The fourth-order valence-corrected chi connectivity index (χ4v) is 4.21. The van der Waals surface area contributed by atoms with E-state index in [0.717, 1.165) is 22.8 Å². The number of hydrogen-bond acceptors (Lipinski definition) is 3. The van der Waals surface area contributed by atoms with Crippen molar-refractivity contribution < 1.29 is 18.0 Å². The molecule has 0 saturated carbocycles. The first-order valence-corrected chi connectivity index (χ1v) is 10.0. The molecule has 0 fully saturated rings. The highest BCUT2D eigenvalue weighted by Gasteiger charge is 2.37. The number of aromatic nitrogens is 4. The summed E-state index contributed by atoms with van der Waals surface area (Å²) in [5.41, 5.74) is 4.37. The van der Waals surface area contributed by atoms with E-state index in [-0.39, 0.29) is 11.9 Å². The molecule has 1 atom stereocenters. The zero-order valence-corrected chi connectivity index (χ0v) is 18.1. The van der Waals surface area contributed by atoms with Crippen molar-refractivity contribution in [2.75, 3.05) is 6.54 Å². The fourth-order valence-electron chi connectivity index (χ4n) is 4.21. The van der Waals surface area contributed by atoms with E-state index in [1.807, 2.05) is 39.0 Å². The van der Waals surface area contributed by atoms with Crippen molar-refractivity contribution in [3.05, 3.63) is 57.9 Å². The van der Waals surface area contributed by atoms with Gasteiger partial charge in [-0.15, -0.1) is 0 Å². The first-order valence-electron chi connectivity index (χ1n) is 10.0. The number of amides is 1. The van der Waals surface area contributed by atoms with Crippen LogP contribution in [0.1, 0.15) is 51.4 Å². The molecular weight excluding hydrogens is 407 g/mol. The minimum Gasteiger partial charge on any atom is -0.330 e. The molecule has 1 aliphatic heterocycles. The highest BCUT2D eigenvalue weighted by Crippen LogP contribution is 2.38. The van der Waals surface area contributed by atoms with Crippen LogP contribution in [-0.4, -0.2) is 36.9 Å². The number of carbonyl (C=O) groups excluding carboxylic acids is 1. The number of alkyl halides is 3. The lowest BCUT2D eigenvalue weighted by atomic mass is 9.96. The van der Waals surface area contributed by atoms with Crippen molar-refractivity contribution in [1.29, 1.82) is 0 Å².